The summed E-state index contributed by atoms with van der Waals surface area (Å²) in [6.07, 6.45) is 0. The number of nitrogens with one attached hydrogen (secondary N) is 1. The van der Waals surface area contributed by atoms with Crippen molar-refractivity contribution in [2.24, 2.45) is 0 Å². The Balaban J connectivity index is 2.00. The van der Waals surface area contributed by atoms with Gasteiger partial charge in [0.2, 0.25) is 0 Å². The van der Waals surface area contributed by atoms with E-state index in [4.69, 9.17) is 0 Å². The van der Waals surface area contributed by atoms with E-state index >= 15 is 0 Å². The second kappa shape index (κ2) is 4.57. The summed E-state index contributed by atoms with van der Waals surface area (Å²) in [6.45, 7) is 2.03. The van der Waals surface area contributed by atoms with Crippen LogP contribution in [0.15, 0.2) is 48.5 Å². The molecule has 0 aliphatic carbocycles. The average molecular weight is 251 g/mol. The first-order valence-corrected chi connectivity index (χ1v) is 6.01. The molecule has 1 aromatic heterocycles. The van der Waals surface area contributed by atoms with Crippen molar-refractivity contribution >= 4 is 0 Å². The van der Waals surface area contributed by atoms with Crippen LogP contribution in [0.4, 0.5) is 0 Å². The Morgan fingerprint density at radius 2 is 1.79 bits per heavy atom. The first-order chi connectivity index (χ1) is 9.22. The SMILES string of the molecule is Cc1cccc(-c2n[nH]c(-c3cccc(O)c3)n2)c1. The van der Waals surface area contributed by atoms with E-state index in [1.807, 2.05) is 37.3 Å². The number of phenols is 1. The summed E-state index contributed by atoms with van der Waals surface area (Å²) in [7, 11) is 0. The van der Waals surface area contributed by atoms with Gasteiger partial charge in [0.1, 0.15) is 5.75 Å². The van der Waals surface area contributed by atoms with Crippen LogP contribution >= 0.6 is 0 Å². The zero-order valence-corrected chi connectivity index (χ0v) is 10.5. The van der Waals surface area contributed by atoms with Crippen LogP contribution in [0.3, 0.4) is 0 Å². The van der Waals surface area contributed by atoms with E-state index in [2.05, 4.69) is 15.2 Å². The summed E-state index contributed by atoms with van der Waals surface area (Å²) in [5, 5.41) is 16.6. The quantitative estimate of drug-likeness (QED) is 0.735. The summed E-state index contributed by atoms with van der Waals surface area (Å²) >= 11 is 0. The zero-order chi connectivity index (χ0) is 13.2. The molecule has 0 unspecified atom stereocenters. The lowest BCUT2D eigenvalue weighted by Crippen LogP contribution is -1.82. The highest BCUT2D eigenvalue weighted by molar-refractivity contribution is 5.62. The van der Waals surface area contributed by atoms with Gasteiger partial charge in [-0.1, -0.05) is 35.9 Å². The molecule has 2 N–H and O–H groups in total. The second-order valence-electron chi connectivity index (χ2n) is 4.43. The number of phenolic OH excluding ortho intramolecular Hbond substituents is 1. The molecule has 0 fully saturated rings. The molecule has 0 radical (unpaired) electrons. The molecule has 2 aromatic carbocycles. The summed E-state index contributed by atoms with van der Waals surface area (Å²) in [5.74, 6) is 1.51. The summed E-state index contributed by atoms with van der Waals surface area (Å²) in [6, 6.07) is 15.0. The number of nitrogens with zero attached hydrogens (tertiary/aromatic N) is 2. The van der Waals surface area contributed by atoms with Crippen molar-refractivity contribution in [3.63, 3.8) is 0 Å². The Labute approximate surface area is 110 Å². The Kier molecular flexibility index (Phi) is 2.76. The molecule has 3 rings (SSSR count). The van der Waals surface area contributed by atoms with E-state index in [-0.39, 0.29) is 5.75 Å². The Hall–Kier alpha value is -2.62. The van der Waals surface area contributed by atoms with Crippen molar-refractivity contribution in [1.29, 1.82) is 0 Å². The smallest absolute Gasteiger partial charge is 0.181 e. The molecule has 4 nitrogen and oxygen atoms in total. The van der Waals surface area contributed by atoms with Gasteiger partial charge >= 0.3 is 0 Å². The molecule has 0 spiro atoms. The van der Waals surface area contributed by atoms with E-state index in [0.29, 0.717) is 11.6 Å². The normalized spacial score (nSPS) is 10.6. The zero-order valence-electron chi connectivity index (χ0n) is 10.5. The minimum Gasteiger partial charge on any atom is -0.508 e. The lowest BCUT2D eigenvalue weighted by atomic mass is 10.1. The minimum atomic E-state index is 0.214. The maximum atomic E-state index is 9.47. The van der Waals surface area contributed by atoms with E-state index < -0.39 is 0 Å². The van der Waals surface area contributed by atoms with Gasteiger partial charge in [0.25, 0.3) is 0 Å². The predicted molar refractivity (Wildman–Crippen MR) is 73.7 cm³/mol. The Morgan fingerprint density at radius 3 is 2.58 bits per heavy atom. The second-order valence-corrected chi connectivity index (χ2v) is 4.43. The number of aromatic hydroxyl groups is 1. The summed E-state index contributed by atoms with van der Waals surface area (Å²) in [4.78, 5) is 4.46. The first-order valence-electron chi connectivity index (χ1n) is 6.01. The van der Waals surface area contributed by atoms with Crippen molar-refractivity contribution in [3.8, 4) is 28.5 Å². The summed E-state index contributed by atoms with van der Waals surface area (Å²) in [5.41, 5.74) is 2.95. The third kappa shape index (κ3) is 2.33. The summed E-state index contributed by atoms with van der Waals surface area (Å²) < 4.78 is 0. The van der Waals surface area contributed by atoms with Gasteiger partial charge in [-0.25, -0.2) is 4.98 Å². The number of aryl methyl sites for hydroxylation is 1. The standard InChI is InChI=1S/C15H13N3O/c1-10-4-2-5-11(8-10)14-16-15(18-17-14)12-6-3-7-13(19)9-12/h2-9,19H,1H3,(H,16,17,18). The van der Waals surface area contributed by atoms with Crippen LogP contribution in [0.25, 0.3) is 22.8 Å². The van der Waals surface area contributed by atoms with Crippen molar-refractivity contribution < 1.29 is 5.11 Å². The van der Waals surface area contributed by atoms with Gasteiger partial charge in [0, 0.05) is 11.1 Å². The monoisotopic (exact) mass is 251 g/mol. The lowest BCUT2D eigenvalue weighted by molar-refractivity contribution is 0.475. The molecule has 0 bridgehead atoms. The van der Waals surface area contributed by atoms with E-state index in [1.165, 1.54) is 5.56 Å². The number of aromatic nitrogens is 3. The predicted octanol–water partition coefficient (Wildman–Crippen LogP) is 3.15. The molecular weight excluding hydrogens is 238 g/mol. The van der Waals surface area contributed by atoms with Crippen LogP contribution in [0.1, 0.15) is 5.56 Å². The third-order valence-corrected chi connectivity index (χ3v) is 2.88. The first kappa shape index (κ1) is 11.5. The molecule has 4 heteroatoms. The topological polar surface area (TPSA) is 61.8 Å². The van der Waals surface area contributed by atoms with Gasteiger partial charge < -0.3 is 5.11 Å². The third-order valence-electron chi connectivity index (χ3n) is 2.88. The van der Waals surface area contributed by atoms with Crippen LogP contribution in [0, 0.1) is 6.92 Å². The van der Waals surface area contributed by atoms with Gasteiger partial charge in [-0.15, -0.1) is 0 Å². The van der Waals surface area contributed by atoms with Gasteiger partial charge in [-0.3, -0.25) is 5.10 Å². The molecular formula is C15H13N3O. The van der Waals surface area contributed by atoms with E-state index in [0.717, 1.165) is 11.1 Å². The van der Waals surface area contributed by atoms with Crippen LogP contribution in [-0.2, 0) is 0 Å². The highest BCUT2D eigenvalue weighted by atomic mass is 16.3. The van der Waals surface area contributed by atoms with Crippen LogP contribution in [0.2, 0.25) is 0 Å². The highest BCUT2D eigenvalue weighted by Crippen LogP contribution is 2.23. The minimum absolute atomic E-state index is 0.214. The fraction of sp³-hybridized carbons (Fsp3) is 0.0667. The van der Waals surface area contributed by atoms with Crippen molar-refractivity contribution in [2.75, 3.05) is 0 Å². The van der Waals surface area contributed by atoms with Gasteiger partial charge in [-0.05, 0) is 25.1 Å². The molecule has 0 aliphatic rings. The lowest BCUT2D eigenvalue weighted by Gasteiger charge is -1.97. The maximum absolute atomic E-state index is 9.47. The number of rotatable bonds is 2. The fourth-order valence-electron chi connectivity index (χ4n) is 1.96. The molecule has 0 aliphatic heterocycles. The fourth-order valence-corrected chi connectivity index (χ4v) is 1.96. The Morgan fingerprint density at radius 1 is 1.00 bits per heavy atom. The molecule has 0 amide bonds. The molecule has 19 heavy (non-hydrogen) atoms. The van der Waals surface area contributed by atoms with E-state index in [1.54, 1.807) is 18.2 Å². The molecule has 94 valence electrons. The number of hydrogen-bond acceptors (Lipinski definition) is 3. The largest absolute Gasteiger partial charge is 0.508 e. The molecule has 0 saturated carbocycles. The average Bonchev–Trinajstić information content (AvgIpc) is 2.88. The van der Waals surface area contributed by atoms with Crippen LogP contribution in [0.5, 0.6) is 5.75 Å². The van der Waals surface area contributed by atoms with Crippen molar-refractivity contribution in [3.05, 3.63) is 54.1 Å². The maximum Gasteiger partial charge on any atom is 0.181 e. The number of aromatic amines is 1. The Bertz CT molecular complexity index is 659. The van der Waals surface area contributed by atoms with Crippen molar-refractivity contribution in [1.82, 2.24) is 15.2 Å². The number of H-pyrrole nitrogens is 1. The van der Waals surface area contributed by atoms with Gasteiger partial charge in [0.05, 0.1) is 0 Å². The molecule has 0 atom stereocenters. The molecule has 1 heterocycles. The van der Waals surface area contributed by atoms with Crippen LogP contribution in [-0.4, -0.2) is 20.3 Å². The molecule has 3 aromatic rings. The van der Waals surface area contributed by atoms with Gasteiger partial charge in [-0.2, -0.15) is 5.10 Å². The van der Waals surface area contributed by atoms with Gasteiger partial charge in [0.15, 0.2) is 11.6 Å². The molecule has 0 saturated heterocycles. The highest BCUT2D eigenvalue weighted by Gasteiger charge is 2.08. The van der Waals surface area contributed by atoms with Crippen LogP contribution < -0.4 is 0 Å². The number of hydrogen-bond donors (Lipinski definition) is 2. The van der Waals surface area contributed by atoms with E-state index in [9.17, 15) is 5.11 Å². The van der Waals surface area contributed by atoms with Crippen molar-refractivity contribution in [2.45, 2.75) is 6.92 Å². The number of benzene rings is 2.